The van der Waals surface area contributed by atoms with Crippen LogP contribution in [0, 0.1) is 5.82 Å². The van der Waals surface area contributed by atoms with E-state index in [-0.39, 0.29) is 30.1 Å². The Kier molecular flexibility index (Phi) is 6.70. The fourth-order valence-corrected chi connectivity index (χ4v) is 1.93. The van der Waals surface area contributed by atoms with E-state index in [9.17, 15) is 9.18 Å². The molecule has 1 aromatic rings. The number of carbonyl (C=O) groups excluding carboxylic acids is 1. The average Bonchev–Trinajstić information content (AvgIpc) is 2.40. The van der Waals surface area contributed by atoms with Crippen molar-refractivity contribution in [1.82, 2.24) is 5.32 Å². The largest absolute Gasteiger partial charge is 0.494 e. The van der Waals surface area contributed by atoms with Gasteiger partial charge in [0.25, 0.3) is 0 Å². The maximum Gasteiger partial charge on any atom is 0.226 e. The van der Waals surface area contributed by atoms with Gasteiger partial charge in [-0.3, -0.25) is 4.79 Å². The number of carbonyl (C=O) groups is 1. The second-order valence-corrected chi connectivity index (χ2v) is 4.33. The van der Waals surface area contributed by atoms with Crippen molar-refractivity contribution in [3.8, 4) is 5.75 Å². The maximum absolute atomic E-state index is 13.5. The Morgan fingerprint density at radius 2 is 2.40 bits per heavy atom. The summed E-state index contributed by atoms with van der Waals surface area (Å²) in [4.78, 5) is 11.8. The van der Waals surface area contributed by atoms with Gasteiger partial charge in [0, 0.05) is 30.8 Å². The topological polar surface area (TPSA) is 59.6 Å². The molecule has 1 atom stereocenters. The lowest BCUT2D eigenvalue weighted by atomic mass is 10.2. The highest BCUT2D eigenvalue weighted by Crippen LogP contribution is 2.20. The van der Waals surface area contributed by atoms with Crippen LogP contribution in [0.4, 0.5) is 10.1 Å². The molecule has 1 aromatic carbocycles. The highest BCUT2D eigenvalue weighted by Gasteiger charge is 2.17. The zero-order valence-electron chi connectivity index (χ0n) is 11.1. The van der Waals surface area contributed by atoms with E-state index in [4.69, 9.17) is 9.47 Å². The van der Waals surface area contributed by atoms with Crippen LogP contribution in [0.2, 0.25) is 0 Å². The molecule has 0 aromatic heterocycles. The highest BCUT2D eigenvalue weighted by atomic mass is 35.5. The van der Waals surface area contributed by atoms with Gasteiger partial charge in [0.2, 0.25) is 5.91 Å². The predicted octanol–water partition coefficient (Wildman–Crippen LogP) is 1.57. The summed E-state index contributed by atoms with van der Waals surface area (Å²) in [7, 11) is 1.39. The molecule has 112 valence electrons. The summed E-state index contributed by atoms with van der Waals surface area (Å²) in [5.74, 6) is -0.521. The molecule has 2 N–H and O–H groups in total. The smallest absolute Gasteiger partial charge is 0.226 e. The summed E-state index contributed by atoms with van der Waals surface area (Å²) in [6.45, 7) is 1.93. The Morgan fingerprint density at radius 3 is 3.00 bits per heavy atom. The number of rotatable bonds is 4. The Labute approximate surface area is 123 Å². The lowest BCUT2D eigenvalue weighted by Gasteiger charge is -2.23. The fraction of sp³-hybridized carbons (Fsp3) is 0.462. The third-order valence-electron chi connectivity index (χ3n) is 2.87. The number of amides is 1. The van der Waals surface area contributed by atoms with Crippen LogP contribution >= 0.6 is 12.4 Å². The van der Waals surface area contributed by atoms with Crippen molar-refractivity contribution in [3.05, 3.63) is 24.0 Å². The van der Waals surface area contributed by atoms with E-state index in [1.165, 1.54) is 19.2 Å². The van der Waals surface area contributed by atoms with E-state index in [0.29, 0.717) is 25.3 Å². The van der Waals surface area contributed by atoms with Gasteiger partial charge in [0.1, 0.15) is 0 Å². The van der Waals surface area contributed by atoms with Crippen LogP contribution in [-0.2, 0) is 9.53 Å². The molecule has 1 unspecified atom stereocenters. The monoisotopic (exact) mass is 304 g/mol. The molecule has 0 saturated carbocycles. The molecule has 1 heterocycles. The van der Waals surface area contributed by atoms with Gasteiger partial charge in [-0.05, 0) is 12.1 Å². The van der Waals surface area contributed by atoms with Crippen molar-refractivity contribution in [3.63, 3.8) is 0 Å². The van der Waals surface area contributed by atoms with Crippen molar-refractivity contribution < 1.29 is 18.7 Å². The van der Waals surface area contributed by atoms with Crippen LogP contribution in [-0.4, -0.2) is 38.8 Å². The Bertz CT molecular complexity index is 453. The second kappa shape index (κ2) is 8.04. The molecule has 5 nitrogen and oxygen atoms in total. The summed E-state index contributed by atoms with van der Waals surface area (Å²) >= 11 is 0. The third kappa shape index (κ3) is 4.63. The molecule has 0 bridgehead atoms. The first-order valence-corrected chi connectivity index (χ1v) is 6.13. The van der Waals surface area contributed by atoms with E-state index in [1.807, 2.05) is 0 Å². The third-order valence-corrected chi connectivity index (χ3v) is 2.87. The van der Waals surface area contributed by atoms with Crippen molar-refractivity contribution in [2.45, 2.75) is 12.5 Å². The maximum atomic E-state index is 13.5. The van der Waals surface area contributed by atoms with Gasteiger partial charge < -0.3 is 20.1 Å². The summed E-state index contributed by atoms with van der Waals surface area (Å²) in [6, 6.07) is 4.33. The minimum absolute atomic E-state index is 0. The molecule has 1 aliphatic rings. The number of hydrogen-bond acceptors (Lipinski definition) is 4. The number of ether oxygens (including phenoxy) is 2. The van der Waals surface area contributed by atoms with E-state index < -0.39 is 5.82 Å². The molecule has 1 saturated heterocycles. The summed E-state index contributed by atoms with van der Waals surface area (Å²) in [5, 5.41) is 5.84. The molecular formula is C13H18ClFN2O3. The average molecular weight is 305 g/mol. The molecule has 1 amide bonds. The Morgan fingerprint density at radius 1 is 1.60 bits per heavy atom. The molecule has 20 heavy (non-hydrogen) atoms. The van der Waals surface area contributed by atoms with Crippen molar-refractivity contribution in [2.75, 3.05) is 32.2 Å². The van der Waals surface area contributed by atoms with Crippen LogP contribution in [0.5, 0.6) is 5.75 Å². The molecule has 0 radical (unpaired) electrons. The van der Waals surface area contributed by atoms with E-state index in [0.717, 1.165) is 6.54 Å². The Balaban J connectivity index is 0.00000200. The lowest BCUT2D eigenvalue weighted by molar-refractivity contribution is -0.117. The van der Waals surface area contributed by atoms with Crippen molar-refractivity contribution >= 4 is 24.0 Å². The summed E-state index contributed by atoms with van der Waals surface area (Å²) < 4.78 is 23.5. The van der Waals surface area contributed by atoms with Crippen molar-refractivity contribution in [1.29, 1.82) is 0 Å². The normalized spacial score (nSPS) is 18.0. The van der Waals surface area contributed by atoms with E-state index >= 15 is 0 Å². The summed E-state index contributed by atoms with van der Waals surface area (Å²) in [5.41, 5.74) is 0.417. The fourth-order valence-electron chi connectivity index (χ4n) is 1.93. The first-order chi connectivity index (χ1) is 9.19. The van der Waals surface area contributed by atoms with Crippen molar-refractivity contribution in [2.24, 2.45) is 0 Å². The number of benzene rings is 1. The summed E-state index contributed by atoms with van der Waals surface area (Å²) in [6.07, 6.45) is 0.299. The second-order valence-electron chi connectivity index (χ2n) is 4.33. The van der Waals surface area contributed by atoms with Gasteiger partial charge in [0.15, 0.2) is 11.6 Å². The number of methoxy groups -OCH3 is 1. The first kappa shape index (κ1) is 16.7. The van der Waals surface area contributed by atoms with Gasteiger partial charge in [-0.15, -0.1) is 12.4 Å². The molecule has 0 aliphatic carbocycles. The van der Waals surface area contributed by atoms with Gasteiger partial charge in [-0.25, -0.2) is 4.39 Å². The van der Waals surface area contributed by atoms with Crippen LogP contribution in [0.1, 0.15) is 6.42 Å². The van der Waals surface area contributed by atoms with Crippen LogP contribution < -0.4 is 15.4 Å². The quantitative estimate of drug-likeness (QED) is 0.886. The number of halogens is 2. The van der Waals surface area contributed by atoms with E-state index in [2.05, 4.69) is 10.6 Å². The van der Waals surface area contributed by atoms with E-state index in [1.54, 1.807) is 6.07 Å². The Hall–Kier alpha value is -1.37. The predicted molar refractivity (Wildman–Crippen MR) is 76.1 cm³/mol. The zero-order chi connectivity index (χ0) is 13.7. The number of morpholine rings is 1. The van der Waals surface area contributed by atoms with Gasteiger partial charge in [0.05, 0.1) is 20.3 Å². The lowest BCUT2D eigenvalue weighted by Crippen LogP contribution is -2.43. The van der Waals surface area contributed by atoms with Crippen LogP contribution in [0.25, 0.3) is 0 Å². The SMILES string of the molecule is COc1ccc(NC(=O)CC2COCCN2)cc1F.Cl. The molecule has 2 rings (SSSR count). The molecular weight excluding hydrogens is 287 g/mol. The molecule has 7 heteroatoms. The highest BCUT2D eigenvalue weighted by molar-refractivity contribution is 5.91. The van der Waals surface area contributed by atoms with Gasteiger partial charge >= 0.3 is 0 Å². The van der Waals surface area contributed by atoms with Gasteiger partial charge in [-0.2, -0.15) is 0 Å². The zero-order valence-corrected chi connectivity index (χ0v) is 12.0. The minimum atomic E-state index is -0.501. The molecule has 0 spiro atoms. The minimum Gasteiger partial charge on any atom is -0.494 e. The molecule has 1 aliphatic heterocycles. The number of anilines is 1. The van der Waals surface area contributed by atoms with Crippen LogP contribution in [0.15, 0.2) is 18.2 Å². The first-order valence-electron chi connectivity index (χ1n) is 6.13. The van der Waals surface area contributed by atoms with Gasteiger partial charge in [-0.1, -0.05) is 0 Å². The number of hydrogen-bond donors (Lipinski definition) is 2. The number of nitrogens with one attached hydrogen (secondary N) is 2. The standard InChI is InChI=1S/C13H17FN2O3.ClH/c1-18-12-3-2-9(6-11(12)14)16-13(17)7-10-8-19-5-4-15-10;/h2-3,6,10,15H,4-5,7-8H2,1H3,(H,16,17);1H. The molecule has 1 fully saturated rings. The van der Waals surface area contributed by atoms with Crippen LogP contribution in [0.3, 0.4) is 0 Å².